The van der Waals surface area contributed by atoms with Gasteiger partial charge < -0.3 is 19.3 Å². The number of nitrogens with zero attached hydrogens (tertiary/aromatic N) is 4. The normalized spacial score (nSPS) is 14.3. The van der Waals surface area contributed by atoms with E-state index in [9.17, 15) is 14.4 Å². The minimum Gasteiger partial charge on any atom is -0.461 e. The van der Waals surface area contributed by atoms with Gasteiger partial charge in [0.1, 0.15) is 0 Å². The molecule has 11 heteroatoms. The van der Waals surface area contributed by atoms with E-state index in [2.05, 4.69) is 9.97 Å². The van der Waals surface area contributed by atoms with Crippen molar-refractivity contribution in [1.29, 1.82) is 0 Å². The molecule has 9 nitrogen and oxygen atoms in total. The van der Waals surface area contributed by atoms with Crippen LogP contribution >= 0.6 is 23.2 Å². The van der Waals surface area contributed by atoms with E-state index < -0.39 is 17.8 Å². The van der Waals surface area contributed by atoms with Crippen LogP contribution in [0.5, 0.6) is 0 Å². The molecule has 2 aromatic rings. The fourth-order valence-corrected chi connectivity index (χ4v) is 3.57. The highest BCUT2D eigenvalue weighted by Gasteiger charge is 2.28. The summed E-state index contributed by atoms with van der Waals surface area (Å²) in [5.74, 6) is -1.84. The third-order valence-electron chi connectivity index (χ3n) is 4.69. The third-order valence-corrected chi connectivity index (χ3v) is 5.41. The van der Waals surface area contributed by atoms with Crippen LogP contribution in [0.25, 0.3) is 11.0 Å². The van der Waals surface area contributed by atoms with Crippen LogP contribution in [0, 0.1) is 0 Å². The predicted molar refractivity (Wildman–Crippen MR) is 116 cm³/mol. The van der Waals surface area contributed by atoms with Gasteiger partial charge in [-0.1, -0.05) is 23.2 Å². The van der Waals surface area contributed by atoms with Crippen LogP contribution < -0.4 is 4.90 Å². The number of hydrogen-bond donors (Lipinski definition) is 0. The summed E-state index contributed by atoms with van der Waals surface area (Å²) in [5.41, 5.74) is 0.939. The first-order valence-corrected chi connectivity index (χ1v) is 10.7. The lowest BCUT2D eigenvalue weighted by molar-refractivity contribution is -0.159. The SMILES string of the molecule is CCOC(=O)C(=O)N1CCCN(c2nc3cc(Cl)c(Cl)cc3nc2C(=O)OCC)CC1. The maximum absolute atomic E-state index is 12.6. The summed E-state index contributed by atoms with van der Waals surface area (Å²) in [6, 6.07) is 3.12. The lowest BCUT2D eigenvalue weighted by Gasteiger charge is -2.24. The van der Waals surface area contributed by atoms with Gasteiger partial charge in [0.2, 0.25) is 0 Å². The molecule has 3 rings (SSSR count). The second-order valence-electron chi connectivity index (χ2n) is 6.72. The van der Waals surface area contributed by atoms with Gasteiger partial charge in [0.25, 0.3) is 0 Å². The number of benzene rings is 1. The Bertz CT molecular complexity index is 1020. The van der Waals surface area contributed by atoms with E-state index in [4.69, 9.17) is 32.7 Å². The summed E-state index contributed by atoms with van der Waals surface area (Å²) >= 11 is 12.2. The number of carbonyl (C=O) groups is 3. The predicted octanol–water partition coefficient (Wildman–Crippen LogP) is 2.72. The van der Waals surface area contributed by atoms with Gasteiger partial charge in [-0.05, 0) is 32.4 Å². The number of anilines is 1. The first kappa shape index (κ1) is 23.0. The molecule has 1 saturated heterocycles. The number of hydrogen-bond acceptors (Lipinski definition) is 8. The van der Waals surface area contributed by atoms with Gasteiger partial charge >= 0.3 is 17.8 Å². The first-order valence-electron chi connectivity index (χ1n) is 9.90. The maximum atomic E-state index is 12.6. The Kier molecular flexibility index (Phi) is 7.50. The molecule has 1 aliphatic heterocycles. The van der Waals surface area contributed by atoms with Crippen LogP contribution in [0.4, 0.5) is 5.82 Å². The standard InChI is InChI=1S/C20H22Cl2N4O5/c1-3-30-19(28)16-17(24-15-11-13(22)12(21)10-14(15)23-16)25-6-5-7-26(9-8-25)18(27)20(29)31-4-2/h10-11H,3-9H2,1-2H3. The second-order valence-corrected chi connectivity index (χ2v) is 7.54. The highest BCUT2D eigenvalue weighted by molar-refractivity contribution is 6.42. The van der Waals surface area contributed by atoms with Gasteiger partial charge in [-0.3, -0.25) is 4.79 Å². The third kappa shape index (κ3) is 5.16. The van der Waals surface area contributed by atoms with Crippen LogP contribution in [0.1, 0.15) is 30.8 Å². The van der Waals surface area contributed by atoms with Crippen LogP contribution in [0.2, 0.25) is 10.0 Å². The molecule has 0 spiro atoms. The number of rotatable bonds is 4. The zero-order valence-corrected chi connectivity index (χ0v) is 18.7. The molecule has 2 heterocycles. The van der Waals surface area contributed by atoms with Crippen molar-refractivity contribution in [2.24, 2.45) is 0 Å². The minimum atomic E-state index is -0.875. The summed E-state index contributed by atoms with van der Waals surface area (Å²) in [6.45, 7) is 5.15. The zero-order chi connectivity index (χ0) is 22.5. The number of halogens is 2. The molecule has 1 aliphatic rings. The summed E-state index contributed by atoms with van der Waals surface area (Å²) in [4.78, 5) is 49.0. The Labute approximate surface area is 189 Å². The fraction of sp³-hybridized carbons (Fsp3) is 0.450. The molecule has 1 amide bonds. The first-order chi connectivity index (χ1) is 14.8. The van der Waals surface area contributed by atoms with Gasteiger partial charge in [-0.2, -0.15) is 0 Å². The molecule has 0 N–H and O–H groups in total. The number of ether oxygens (including phenoxy) is 2. The van der Waals surface area contributed by atoms with E-state index in [1.807, 2.05) is 4.90 Å². The van der Waals surface area contributed by atoms with Crippen molar-refractivity contribution >= 4 is 57.9 Å². The summed E-state index contributed by atoms with van der Waals surface area (Å²) < 4.78 is 9.96. The van der Waals surface area contributed by atoms with E-state index in [0.717, 1.165) is 0 Å². The van der Waals surface area contributed by atoms with Gasteiger partial charge in [0, 0.05) is 26.2 Å². The highest BCUT2D eigenvalue weighted by atomic mass is 35.5. The number of amides is 1. The lowest BCUT2D eigenvalue weighted by Crippen LogP contribution is -2.40. The molecule has 31 heavy (non-hydrogen) atoms. The van der Waals surface area contributed by atoms with Gasteiger partial charge in [-0.15, -0.1) is 0 Å². The lowest BCUT2D eigenvalue weighted by atomic mass is 10.2. The molecular weight excluding hydrogens is 447 g/mol. The zero-order valence-electron chi connectivity index (χ0n) is 17.2. The largest absolute Gasteiger partial charge is 0.461 e. The molecule has 166 valence electrons. The van der Waals surface area contributed by atoms with Gasteiger partial charge in [-0.25, -0.2) is 19.6 Å². The smallest absolute Gasteiger partial charge is 0.397 e. The Hall–Kier alpha value is -2.65. The van der Waals surface area contributed by atoms with Crippen LogP contribution in [-0.2, 0) is 19.1 Å². The average molecular weight is 469 g/mol. The maximum Gasteiger partial charge on any atom is 0.397 e. The number of fused-ring (bicyclic) bond motifs is 1. The number of aromatic nitrogens is 2. The second kappa shape index (κ2) is 10.1. The Morgan fingerprint density at radius 3 is 2.23 bits per heavy atom. The van der Waals surface area contributed by atoms with E-state index in [1.165, 1.54) is 4.90 Å². The number of esters is 2. The van der Waals surface area contributed by atoms with Crippen molar-refractivity contribution in [3.63, 3.8) is 0 Å². The molecule has 0 unspecified atom stereocenters. The Morgan fingerprint density at radius 2 is 1.58 bits per heavy atom. The molecule has 0 atom stereocenters. The fourth-order valence-electron chi connectivity index (χ4n) is 3.25. The van der Waals surface area contributed by atoms with Crippen molar-refractivity contribution in [2.75, 3.05) is 44.3 Å². The van der Waals surface area contributed by atoms with Crippen LogP contribution in [0.3, 0.4) is 0 Å². The quantitative estimate of drug-likeness (QED) is 0.498. The summed E-state index contributed by atoms with van der Waals surface area (Å²) in [5, 5.41) is 0.620. The molecule has 0 aliphatic carbocycles. The molecule has 0 bridgehead atoms. The summed E-state index contributed by atoms with van der Waals surface area (Å²) in [7, 11) is 0. The van der Waals surface area contributed by atoms with Gasteiger partial charge in [0.05, 0.1) is 34.3 Å². The van der Waals surface area contributed by atoms with Crippen molar-refractivity contribution in [1.82, 2.24) is 14.9 Å². The highest BCUT2D eigenvalue weighted by Crippen LogP contribution is 2.29. The van der Waals surface area contributed by atoms with Crippen LogP contribution in [0.15, 0.2) is 12.1 Å². The molecular formula is C20H22Cl2N4O5. The Balaban J connectivity index is 1.93. The van der Waals surface area contributed by atoms with Crippen LogP contribution in [-0.4, -0.2) is 72.1 Å². The van der Waals surface area contributed by atoms with E-state index in [1.54, 1.807) is 26.0 Å². The van der Waals surface area contributed by atoms with Gasteiger partial charge in [0.15, 0.2) is 11.5 Å². The van der Waals surface area contributed by atoms with Crippen molar-refractivity contribution in [3.05, 3.63) is 27.9 Å². The topological polar surface area (TPSA) is 102 Å². The van der Waals surface area contributed by atoms with Crippen molar-refractivity contribution in [2.45, 2.75) is 20.3 Å². The molecule has 0 radical (unpaired) electrons. The molecule has 1 aromatic heterocycles. The number of carbonyl (C=O) groups excluding carboxylic acids is 3. The molecule has 0 saturated carbocycles. The summed E-state index contributed by atoms with van der Waals surface area (Å²) in [6.07, 6.45) is 0.564. The molecule has 1 fully saturated rings. The van der Waals surface area contributed by atoms with E-state index in [0.29, 0.717) is 53.0 Å². The Morgan fingerprint density at radius 1 is 0.935 bits per heavy atom. The van der Waals surface area contributed by atoms with Crippen molar-refractivity contribution in [3.8, 4) is 0 Å². The van der Waals surface area contributed by atoms with E-state index >= 15 is 0 Å². The van der Waals surface area contributed by atoms with E-state index in [-0.39, 0.29) is 25.5 Å². The monoisotopic (exact) mass is 468 g/mol. The molecule has 1 aromatic carbocycles. The minimum absolute atomic E-state index is 0.0536. The van der Waals surface area contributed by atoms with Crippen molar-refractivity contribution < 1.29 is 23.9 Å². The average Bonchev–Trinajstić information content (AvgIpc) is 3.00.